The molecule has 0 aromatic carbocycles. The molecule has 0 amide bonds. The van der Waals surface area contributed by atoms with Crippen LogP contribution in [0.25, 0.3) is 0 Å². The molecule has 0 atom stereocenters. The highest BCUT2D eigenvalue weighted by Gasteiger charge is 1.95. The fourth-order valence-electron chi connectivity index (χ4n) is 1.26. The number of ether oxygens (including phenoxy) is 1. The second-order valence-corrected chi connectivity index (χ2v) is 3.92. The summed E-state index contributed by atoms with van der Waals surface area (Å²) in [5, 5.41) is 0. The quantitative estimate of drug-likeness (QED) is 0.475. The van der Waals surface area contributed by atoms with Gasteiger partial charge in [0.15, 0.2) is 0 Å². The van der Waals surface area contributed by atoms with E-state index in [1.165, 1.54) is 5.57 Å². The minimum Gasteiger partial charge on any atom is -0.458 e. The number of hydrogen-bond donors (Lipinski definition) is 0. The maximum absolute atomic E-state index is 9.50. The number of alkyl halides is 1. The van der Waals surface area contributed by atoms with Crippen LogP contribution in [0.2, 0.25) is 0 Å². The molecule has 1 aliphatic rings. The van der Waals surface area contributed by atoms with E-state index in [2.05, 4.69) is 32.6 Å². The Bertz CT molecular complexity index is 409. The molecule has 0 aromatic rings. The Labute approximate surface area is 116 Å². The van der Waals surface area contributed by atoms with Crippen molar-refractivity contribution in [1.29, 1.82) is 0 Å². The van der Waals surface area contributed by atoms with Crippen molar-refractivity contribution in [1.82, 2.24) is 0 Å². The first-order valence-corrected chi connectivity index (χ1v) is 6.34. The zero-order chi connectivity index (χ0) is 14.5. The van der Waals surface area contributed by atoms with Crippen molar-refractivity contribution in [2.75, 3.05) is 7.18 Å². The van der Waals surface area contributed by atoms with Crippen molar-refractivity contribution in [2.24, 2.45) is 0 Å². The van der Waals surface area contributed by atoms with Gasteiger partial charge in [-0.1, -0.05) is 49.5 Å². The molecule has 0 aliphatic heterocycles. The lowest BCUT2D eigenvalue weighted by Gasteiger charge is -2.04. The molecule has 1 nitrogen and oxygen atoms in total. The second kappa shape index (κ2) is 11.3. The lowest BCUT2D eigenvalue weighted by Crippen LogP contribution is -1.86. The van der Waals surface area contributed by atoms with Crippen LogP contribution in [-0.2, 0) is 4.74 Å². The van der Waals surface area contributed by atoms with E-state index in [9.17, 15) is 4.39 Å². The molecule has 1 aliphatic carbocycles. The van der Waals surface area contributed by atoms with Gasteiger partial charge in [-0.2, -0.15) is 0 Å². The van der Waals surface area contributed by atoms with Crippen molar-refractivity contribution in [2.45, 2.75) is 26.7 Å². The zero-order valence-corrected chi connectivity index (χ0v) is 12.0. The monoisotopic (exact) mass is 262 g/mol. The van der Waals surface area contributed by atoms with E-state index in [0.717, 1.165) is 18.6 Å². The first kappa shape index (κ1) is 17.2. The molecule has 2 heteroatoms. The van der Waals surface area contributed by atoms with E-state index in [0.29, 0.717) is 12.9 Å². The van der Waals surface area contributed by atoms with Gasteiger partial charge in [0.1, 0.15) is 11.5 Å². The molecular formula is C17H23FO. The summed E-state index contributed by atoms with van der Waals surface area (Å²) in [5.41, 5.74) is 1.34. The summed E-state index contributed by atoms with van der Waals surface area (Å²) in [6.45, 7) is 8.11. The van der Waals surface area contributed by atoms with E-state index in [4.69, 9.17) is 4.74 Å². The fourth-order valence-corrected chi connectivity index (χ4v) is 1.26. The molecule has 19 heavy (non-hydrogen) atoms. The Hall–Kier alpha value is -1.83. The molecule has 0 aromatic heterocycles. The highest BCUT2D eigenvalue weighted by Crippen LogP contribution is 2.11. The van der Waals surface area contributed by atoms with Crippen LogP contribution in [0.3, 0.4) is 0 Å². The Morgan fingerprint density at radius 1 is 1.42 bits per heavy atom. The lowest BCUT2D eigenvalue weighted by atomic mass is 10.2. The van der Waals surface area contributed by atoms with Crippen molar-refractivity contribution in [3.63, 3.8) is 0 Å². The van der Waals surface area contributed by atoms with Crippen LogP contribution in [0.5, 0.6) is 0 Å². The van der Waals surface area contributed by atoms with Gasteiger partial charge in [0.2, 0.25) is 0 Å². The van der Waals surface area contributed by atoms with Crippen LogP contribution in [0.15, 0.2) is 72.3 Å². The molecule has 0 bridgehead atoms. The fraction of sp³-hybridized carbons (Fsp3) is 0.294. The molecular weight excluding hydrogens is 239 g/mol. The molecule has 0 fully saturated rings. The van der Waals surface area contributed by atoms with Crippen LogP contribution in [-0.4, -0.2) is 7.18 Å². The summed E-state index contributed by atoms with van der Waals surface area (Å²) in [7, 11) is 0.500. The highest BCUT2D eigenvalue weighted by molar-refractivity contribution is 5.25. The Morgan fingerprint density at radius 2 is 2.16 bits per heavy atom. The summed E-state index contributed by atoms with van der Waals surface area (Å²) in [6.07, 6.45) is 17.9. The normalized spacial score (nSPS) is 14.5. The van der Waals surface area contributed by atoms with Gasteiger partial charge >= 0.3 is 0 Å². The molecule has 0 saturated heterocycles. The number of rotatable bonds is 5. The van der Waals surface area contributed by atoms with Crippen LogP contribution < -0.4 is 0 Å². The summed E-state index contributed by atoms with van der Waals surface area (Å²) in [5.74, 6) is 1.50. The third-order valence-electron chi connectivity index (χ3n) is 2.43. The molecule has 0 spiro atoms. The minimum absolute atomic E-state index is 0.500. The van der Waals surface area contributed by atoms with Crippen LogP contribution in [0, 0.1) is 0 Å². The van der Waals surface area contributed by atoms with E-state index < -0.39 is 0 Å². The Morgan fingerprint density at radius 3 is 2.84 bits per heavy atom. The lowest BCUT2D eigenvalue weighted by molar-refractivity contribution is 0.337. The predicted octanol–water partition coefficient (Wildman–Crippen LogP) is 5.41. The summed E-state index contributed by atoms with van der Waals surface area (Å²) < 4.78 is 15.1. The molecule has 0 unspecified atom stereocenters. The average molecular weight is 262 g/mol. The first-order chi connectivity index (χ1) is 9.22. The summed E-state index contributed by atoms with van der Waals surface area (Å²) in [6, 6.07) is 0. The van der Waals surface area contributed by atoms with Crippen LogP contribution in [0.1, 0.15) is 26.7 Å². The zero-order valence-electron chi connectivity index (χ0n) is 12.0. The van der Waals surface area contributed by atoms with Gasteiger partial charge in [-0.25, -0.2) is 0 Å². The van der Waals surface area contributed by atoms with E-state index >= 15 is 0 Å². The SMILES string of the molecule is C=C(/C=C\C=C(/C)CC)OC1=CCC=CC=C1.CF. The minimum atomic E-state index is 0.500. The van der Waals surface area contributed by atoms with E-state index in [1.807, 2.05) is 36.5 Å². The van der Waals surface area contributed by atoms with Gasteiger partial charge in [0.25, 0.3) is 0 Å². The second-order valence-electron chi connectivity index (χ2n) is 3.92. The average Bonchev–Trinajstić information content (AvgIpc) is 2.69. The summed E-state index contributed by atoms with van der Waals surface area (Å²) in [4.78, 5) is 0. The Balaban J connectivity index is 0.00000154. The maximum Gasteiger partial charge on any atom is 0.123 e. The molecule has 1 rings (SSSR count). The first-order valence-electron chi connectivity index (χ1n) is 6.34. The highest BCUT2D eigenvalue weighted by atomic mass is 19.1. The van der Waals surface area contributed by atoms with Crippen molar-refractivity contribution < 1.29 is 9.13 Å². The molecule has 0 saturated carbocycles. The number of hydrogen-bond acceptors (Lipinski definition) is 1. The van der Waals surface area contributed by atoms with Gasteiger partial charge in [0.05, 0.1) is 7.18 Å². The van der Waals surface area contributed by atoms with Crippen molar-refractivity contribution in [3.8, 4) is 0 Å². The molecule has 0 heterocycles. The standard InChI is InChI=1S/C16H20O.CH3F/c1-4-14(2)10-9-11-15(3)17-16-12-7-5-6-8-13-16;1-2/h5-7,9-13H,3-4,8H2,1-2H3;1H3/b11-9-,14-10+;. The van der Waals surface area contributed by atoms with Crippen LogP contribution in [0.4, 0.5) is 4.39 Å². The molecule has 104 valence electrons. The van der Waals surface area contributed by atoms with Gasteiger partial charge in [0, 0.05) is 0 Å². The topological polar surface area (TPSA) is 9.23 Å². The molecule has 0 radical (unpaired) electrons. The predicted molar refractivity (Wildman–Crippen MR) is 81.4 cm³/mol. The van der Waals surface area contributed by atoms with Crippen molar-refractivity contribution >= 4 is 0 Å². The van der Waals surface area contributed by atoms with Crippen molar-refractivity contribution in [3.05, 3.63) is 72.3 Å². The van der Waals surface area contributed by atoms with Gasteiger partial charge in [-0.05, 0) is 38.0 Å². The number of halogens is 1. The summed E-state index contributed by atoms with van der Waals surface area (Å²) >= 11 is 0. The largest absolute Gasteiger partial charge is 0.458 e. The van der Waals surface area contributed by atoms with Gasteiger partial charge in [-0.15, -0.1) is 0 Å². The third kappa shape index (κ3) is 8.83. The smallest absolute Gasteiger partial charge is 0.123 e. The van der Waals surface area contributed by atoms with Gasteiger partial charge in [-0.3, -0.25) is 4.39 Å². The number of allylic oxidation sites excluding steroid dienone is 9. The molecule has 0 N–H and O–H groups in total. The van der Waals surface area contributed by atoms with Gasteiger partial charge < -0.3 is 4.74 Å². The van der Waals surface area contributed by atoms with E-state index in [1.54, 1.807) is 0 Å². The van der Waals surface area contributed by atoms with Crippen LogP contribution >= 0.6 is 0 Å². The van der Waals surface area contributed by atoms with E-state index in [-0.39, 0.29) is 0 Å². The Kier molecular flexibility index (Phi) is 10.2. The third-order valence-corrected chi connectivity index (χ3v) is 2.43. The maximum atomic E-state index is 9.50.